The summed E-state index contributed by atoms with van der Waals surface area (Å²) in [6.45, 7) is 4.31. The molecule has 0 bridgehead atoms. The van der Waals surface area contributed by atoms with E-state index in [-0.39, 0.29) is 11.6 Å². The predicted molar refractivity (Wildman–Crippen MR) is 53.5 cm³/mol. The molecule has 3 N–H and O–H groups in total. The zero-order valence-electron chi connectivity index (χ0n) is 8.39. The number of carbonyl (C=O) groups is 1. The summed E-state index contributed by atoms with van der Waals surface area (Å²) in [7, 11) is 0. The first kappa shape index (κ1) is 9.45. The molecule has 5 heteroatoms. The number of urea groups is 1. The van der Waals surface area contributed by atoms with Crippen LogP contribution < -0.4 is 10.6 Å². The van der Waals surface area contributed by atoms with Crippen molar-refractivity contribution < 1.29 is 4.79 Å². The Hall–Kier alpha value is -1.10. The van der Waals surface area contributed by atoms with Crippen molar-refractivity contribution in [3.05, 3.63) is 0 Å². The molecule has 2 heterocycles. The summed E-state index contributed by atoms with van der Waals surface area (Å²) in [5.41, 5.74) is -0.385. The second-order valence-corrected chi connectivity index (χ2v) is 3.86. The van der Waals surface area contributed by atoms with Gasteiger partial charge < -0.3 is 10.2 Å². The SMILES string of the molecule is CCN1C(=O)NC(=N)C12CCCNC2. The van der Waals surface area contributed by atoms with E-state index < -0.39 is 0 Å². The Bertz CT molecular complexity index is 270. The maximum absolute atomic E-state index is 11.5. The Morgan fingerprint density at radius 1 is 1.64 bits per heavy atom. The van der Waals surface area contributed by atoms with Crippen LogP contribution in [-0.2, 0) is 0 Å². The van der Waals surface area contributed by atoms with Crippen LogP contribution in [-0.4, -0.2) is 41.9 Å². The van der Waals surface area contributed by atoms with Gasteiger partial charge in [0.05, 0.1) is 0 Å². The molecule has 0 aromatic carbocycles. The van der Waals surface area contributed by atoms with Crippen LogP contribution >= 0.6 is 0 Å². The Morgan fingerprint density at radius 3 is 3.00 bits per heavy atom. The fraction of sp³-hybridized carbons (Fsp3) is 0.778. The average molecular weight is 196 g/mol. The first-order chi connectivity index (χ1) is 6.70. The van der Waals surface area contributed by atoms with Gasteiger partial charge in [-0.2, -0.15) is 0 Å². The van der Waals surface area contributed by atoms with E-state index in [2.05, 4.69) is 10.6 Å². The monoisotopic (exact) mass is 196 g/mol. The lowest BCUT2D eigenvalue weighted by atomic mass is 9.88. The van der Waals surface area contributed by atoms with Gasteiger partial charge in [0, 0.05) is 13.1 Å². The lowest BCUT2D eigenvalue weighted by Crippen LogP contribution is -2.58. The topological polar surface area (TPSA) is 68.2 Å². The van der Waals surface area contributed by atoms with Crippen LogP contribution in [0, 0.1) is 5.41 Å². The number of amides is 2. The molecule has 2 amide bonds. The van der Waals surface area contributed by atoms with Crippen molar-refractivity contribution in [2.45, 2.75) is 25.3 Å². The smallest absolute Gasteiger partial charge is 0.314 e. The Kier molecular flexibility index (Phi) is 2.19. The van der Waals surface area contributed by atoms with E-state index in [9.17, 15) is 4.79 Å². The highest BCUT2D eigenvalue weighted by Crippen LogP contribution is 2.28. The van der Waals surface area contributed by atoms with Gasteiger partial charge in [-0.15, -0.1) is 0 Å². The van der Waals surface area contributed by atoms with E-state index in [1.807, 2.05) is 6.92 Å². The molecular formula is C9H16N4O. The van der Waals surface area contributed by atoms with Gasteiger partial charge in [-0.1, -0.05) is 0 Å². The molecule has 2 rings (SSSR count). The molecule has 0 radical (unpaired) electrons. The first-order valence-corrected chi connectivity index (χ1v) is 5.09. The first-order valence-electron chi connectivity index (χ1n) is 5.09. The predicted octanol–water partition coefficient (Wildman–Crippen LogP) is 0.131. The fourth-order valence-electron chi connectivity index (χ4n) is 2.40. The highest BCUT2D eigenvalue weighted by Gasteiger charge is 2.49. The molecular weight excluding hydrogens is 180 g/mol. The zero-order valence-corrected chi connectivity index (χ0v) is 8.39. The molecule has 2 aliphatic heterocycles. The van der Waals surface area contributed by atoms with Crippen molar-refractivity contribution in [1.29, 1.82) is 5.41 Å². The highest BCUT2D eigenvalue weighted by atomic mass is 16.2. The standard InChI is InChI=1S/C9H16N4O/c1-2-13-8(14)12-7(10)9(13)4-3-5-11-6-9/h11H,2-6H2,1H3,(H2,10,12,14). The van der Waals surface area contributed by atoms with E-state index in [4.69, 9.17) is 5.41 Å². The van der Waals surface area contributed by atoms with Crippen LogP contribution in [0.25, 0.3) is 0 Å². The summed E-state index contributed by atoms with van der Waals surface area (Å²) < 4.78 is 0. The Balaban J connectivity index is 2.29. The second-order valence-electron chi connectivity index (χ2n) is 3.86. The van der Waals surface area contributed by atoms with Crippen LogP contribution in [0.4, 0.5) is 4.79 Å². The van der Waals surface area contributed by atoms with Gasteiger partial charge in [0.2, 0.25) is 0 Å². The van der Waals surface area contributed by atoms with Crippen LogP contribution in [0.5, 0.6) is 0 Å². The minimum absolute atomic E-state index is 0.124. The summed E-state index contributed by atoms with van der Waals surface area (Å²) in [6, 6.07) is -0.124. The third-order valence-electron chi connectivity index (χ3n) is 3.14. The minimum atomic E-state index is -0.385. The fourth-order valence-corrected chi connectivity index (χ4v) is 2.40. The maximum atomic E-state index is 11.5. The number of amidine groups is 1. The summed E-state index contributed by atoms with van der Waals surface area (Å²) >= 11 is 0. The number of rotatable bonds is 1. The number of nitrogens with one attached hydrogen (secondary N) is 3. The van der Waals surface area contributed by atoms with E-state index in [0.717, 1.165) is 19.4 Å². The summed E-state index contributed by atoms with van der Waals surface area (Å²) in [4.78, 5) is 13.3. The molecule has 1 spiro atoms. The van der Waals surface area contributed by atoms with E-state index in [1.54, 1.807) is 4.90 Å². The molecule has 14 heavy (non-hydrogen) atoms. The third kappa shape index (κ3) is 1.12. The van der Waals surface area contributed by atoms with Gasteiger partial charge in [-0.05, 0) is 26.3 Å². The van der Waals surface area contributed by atoms with Crippen molar-refractivity contribution in [2.75, 3.05) is 19.6 Å². The quantitative estimate of drug-likeness (QED) is 0.558. The second kappa shape index (κ2) is 3.24. The summed E-state index contributed by atoms with van der Waals surface area (Å²) in [5.74, 6) is 0.358. The van der Waals surface area contributed by atoms with Crippen molar-refractivity contribution in [3.8, 4) is 0 Å². The molecule has 0 aromatic rings. The third-order valence-corrected chi connectivity index (χ3v) is 3.14. The maximum Gasteiger partial charge on any atom is 0.323 e. The van der Waals surface area contributed by atoms with Crippen LogP contribution in [0.15, 0.2) is 0 Å². The molecule has 1 atom stereocenters. The van der Waals surface area contributed by atoms with Gasteiger partial charge in [-0.25, -0.2) is 4.79 Å². The number of nitrogens with zero attached hydrogens (tertiary/aromatic N) is 1. The molecule has 1 unspecified atom stereocenters. The van der Waals surface area contributed by atoms with Gasteiger partial charge in [-0.3, -0.25) is 10.7 Å². The van der Waals surface area contributed by atoms with Crippen molar-refractivity contribution in [2.24, 2.45) is 0 Å². The number of hydrogen-bond donors (Lipinski definition) is 3. The van der Waals surface area contributed by atoms with Gasteiger partial charge in [0.1, 0.15) is 11.4 Å². The van der Waals surface area contributed by atoms with Crippen LogP contribution in [0.1, 0.15) is 19.8 Å². The lowest BCUT2D eigenvalue weighted by molar-refractivity contribution is 0.158. The van der Waals surface area contributed by atoms with Crippen LogP contribution in [0.2, 0.25) is 0 Å². The van der Waals surface area contributed by atoms with Crippen molar-refractivity contribution >= 4 is 11.9 Å². The van der Waals surface area contributed by atoms with Crippen molar-refractivity contribution in [3.63, 3.8) is 0 Å². The summed E-state index contributed by atoms with van der Waals surface area (Å²) in [5, 5.41) is 13.7. The van der Waals surface area contributed by atoms with E-state index in [1.165, 1.54) is 0 Å². The molecule has 0 aliphatic carbocycles. The zero-order chi connectivity index (χ0) is 10.2. The van der Waals surface area contributed by atoms with Gasteiger partial charge in [0.25, 0.3) is 0 Å². The molecule has 0 aromatic heterocycles. The average Bonchev–Trinajstić information content (AvgIpc) is 2.40. The summed E-state index contributed by atoms with van der Waals surface area (Å²) in [6.07, 6.45) is 1.92. The molecule has 5 nitrogen and oxygen atoms in total. The lowest BCUT2D eigenvalue weighted by Gasteiger charge is -2.39. The largest absolute Gasteiger partial charge is 0.323 e. The minimum Gasteiger partial charge on any atom is -0.314 e. The van der Waals surface area contributed by atoms with E-state index >= 15 is 0 Å². The normalized spacial score (nSPS) is 32.5. The van der Waals surface area contributed by atoms with E-state index in [0.29, 0.717) is 18.9 Å². The molecule has 2 fully saturated rings. The number of carbonyl (C=O) groups excluding carboxylic acids is 1. The molecule has 2 aliphatic rings. The number of hydrogen-bond acceptors (Lipinski definition) is 3. The van der Waals surface area contributed by atoms with Gasteiger partial charge in [0.15, 0.2) is 0 Å². The number of piperidine rings is 1. The Labute approximate surface area is 83.4 Å². The Morgan fingerprint density at radius 2 is 2.43 bits per heavy atom. The number of likely N-dealkylation sites (N-methyl/N-ethyl adjacent to an activating group) is 1. The van der Waals surface area contributed by atoms with Gasteiger partial charge >= 0.3 is 6.03 Å². The highest BCUT2D eigenvalue weighted by molar-refractivity contribution is 6.08. The molecule has 78 valence electrons. The van der Waals surface area contributed by atoms with Crippen molar-refractivity contribution in [1.82, 2.24) is 15.5 Å². The molecule has 0 saturated carbocycles. The van der Waals surface area contributed by atoms with Crippen LogP contribution in [0.3, 0.4) is 0 Å². The molecule has 2 saturated heterocycles.